The first-order valence-electron chi connectivity index (χ1n) is 6.09. The summed E-state index contributed by atoms with van der Waals surface area (Å²) in [5, 5.41) is 9.93. The minimum atomic E-state index is -0.347. The minimum absolute atomic E-state index is 0.186. The Morgan fingerprint density at radius 1 is 1.45 bits per heavy atom. The Hall–Kier alpha value is -2.63. The molecular formula is C14H15N3O3. The van der Waals surface area contributed by atoms with E-state index in [1.807, 2.05) is 31.2 Å². The van der Waals surface area contributed by atoms with E-state index >= 15 is 0 Å². The zero-order valence-corrected chi connectivity index (χ0v) is 11.3. The lowest BCUT2D eigenvalue weighted by molar-refractivity contribution is -0.120. The van der Waals surface area contributed by atoms with Crippen molar-refractivity contribution in [3.63, 3.8) is 0 Å². The quantitative estimate of drug-likeness (QED) is 0.669. The maximum Gasteiger partial charge on any atom is 0.266 e. The molecule has 0 aliphatic carbocycles. The Labute approximate surface area is 116 Å². The molecule has 6 heteroatoms. The van der Waals surface area contributed by atoms with Gasteiger partial charge >= 0.3 is 0 Å². The Kier molecular flexibility index (Phi) is 4.49. The first-order chi connectivity index (χ1) is 9.65. The van der Waals surface area contributed by atoms with Crippen molar-refractivity contribution in [3.05, 3.63) is 47.2 Å². The van der Waals surface area contributed by atoms with E-state index in [1.165, 1.54) is 0 Å². The molecule has 0 saturated carbocycles. The Morgan fingerprint density at radius 2 is 2.25 bits per heavy atom. The first-order valence-corrected chi connectivity index (χ1v) is 6.09. The molecule has 1 aromatic heterocycles. The lowest BCUT2D eigenvalue weighted by Crippen LogP contribution is -2.17. The van der Waals surface area contributed by atoms with E-state index < -0.39 is 0 Å². The van der Waals surface area contributed by atoms with E-state index in [0.717, 1.165) is 11.1 Å². The topological polar surface area (TPSA) is 76.7 Å². The number of rotatable bonds is 5. The van der Waals surface area contributed by atoms with Gasteiger partial charge in [0.15, 0.2) is 12.4 Å². The third kappa shape index (κ3) is 3.94. The molecule has 1 heterocycles. The van der Waals surface area contributed by atoms with Crippen LogP contribution in [-0.4, -0.2) is 23.9 Å². The van der Waals surface area contributed by atoms with E-state index in [0.29, 0.717) is 11.6 Å². The monoisotopic (exact) mass is 273 g/mol. The number of aryl methyl sites for hydroxylation is 2. The van der Waals surface area contributed by atoms with Crippen LogP contribution in [0.5, 0.6) is 0 Å². The largest absolute Gasteiger partial charge is 0.386 e. The molecule has 2 aromatic rings. The van der Waals surface area contributed by atoms with Crippen molar-refractivity contribution in [2.45, 2.75) is 13.8 Å². The fourth-order valence-corrected chi connectivity index (χ4v) is 1.53. The Balaban J connectivity index is 1.78. The van der Waals surface area contributed by atoms with E-state index in [2.05, 4.69) is 15.6 Å². The number of hydrogen-bond acceptors (Lipinski definition) is 5. The summed E-state index contributed by atoms with van der Waals surface area (Å²) in [7, 11) is 0. The van der Waals surface area contributed by atoms with Gasteiger partial charge in [-0.1, -0.05) is 34.6 Å². The smallest absolute Gasteiger partial charge is 0.266 e. The standard InChI is InChI=1S/C14H15N3O3/c1-10-5-3-4-6-12(10)8-15-19-9-14(18)16-13-7-11(2)20-17-13/h3-8H,9H2,1-2H3,(H,16,17,18)/b15-8+. The number of carbonyl (C=O) groups excluding carboxylic acids is 1. The van der Waals surface area contributed by atoms with Crippen molar-refractivity contribution in [1.82, 2.24) is 5.16 Å². The van der Waals surface area contributed by atoms with Crippen molar-refractivity contribution in [2.24, 2.45) is 5.16 Å². The molecule has 1 N–H and O–H groups in total. The molecule has 20 heavy (non-hydrogen) atoms. The Morgan fingerprint density at radius 3 is 2.95 bits per heavy atom. The maximum absolute atomic E-state index is 11.5. The molecule has 0 aliphatic heterocycles. The number of benzene rings is 1. The molecular weight excluding hydrogens is 258 g/mol. The predicted octanol–water partition coefficient (Wildman–Crippen LogP) is 2.28. The highest BCUT2D eigenvalue weighted by atomic mass is 16.6. The summed E-state index contributed by atoms with van der Waals surface area (Å²) in [4.78, 5) is 16.4. The van der Waals surface area contributed by atoms with Gasteiger partial charge in [-0.2, -0.15) is 0 Å². The maximum atomic E-state index is 11.5. The zero-order valence-electron chi connectivity index (χ0n) is 11.3. The highest BCUT2D eigenvalue weighted by Gasteiger charge is 2.06. The summed E-state index contributed by atoms with van der Waals surface area (Å²) in [6, 6.07) is 9.37. The second-order valence-corrected chi connectivity index (χ2v) is 4.24. The molecule has 1 aromatic carbocycles. The third-order valence-electron chi connectivity index (χ3n) is 2.55. The normalized spacial score (nSPS) is 10.7. The summed E-state index contributed by atoms with van der Waals surface area (Å²) >= 11 is 0. The third-order valence-corrected chi connectivity index (χ3v) is 2.55. The van der Waals surface area contributed by atoms with Crippen molar-refractivity contribution < 1.29 is 14.2 Å². The number of aromatic nitrogens is 1. The lowest BCUT2D eigenvalue weighted by atomic mass is 10.1. The van der Waals surface area contributed by atoms with Crippen molar-refractivity contribution in [2.75, 3.05) is 11.9 Å². The molecule has 0 aliphatic rings. The van der Waals surface area contributed by atoms with Gasteiger partial charge in [0.2, 0.25) is 0 Å². The van der Waals surface area contributed by atoms with Crippen LogP contribution in [0.25, 0.3) is 0 Å². The van der Waals surface area contributed by atoms with Crippen molar-refractivity contribution >= 4 is 17.9 Å². The molecule has 104 valence electrons. The van der Waals surface area contributed by atoms with E-state index in [1.54, 1.807) is 19.2 Å². The molecule has 0 fully saturated rings. The number of nitrogens with one attached hydrogen (secondary N) is 1. The van der Waals surface area contributed by atoms with Gasteiger partial charge in [0.25, 0.3) is 5.91 Å². The molecule has 0 atom stereocenters. The zero-order chi connectivity index (χ0) is 14.4. The van der Waals surface area contributed by atoms with Crippen molar-refractivity contribution in [3.8, 4) is 0 Å². The molecule has 6 nitrogen and oxygen atoms in total. The highest BCUT2D eigenvalue weighted by molar-refractivity contribution is 5.90. The first kappa shape index (κ1) is 13.8. The average Bonchev–Trinajstić information content (AvgIpc) is 2.82. The molecule has 0 saturated heterocycles. The Bertz CT molecular complexity index is 620. The second kappa shape index (κ2) is 6.51. The van der Waals surface area contributed by atoms with Crippen LogP contribution in [0.4, 0.5) is 5.82 Å². The van der Waals surface area contributed by atoms with Crippen LogP contribution in [0.15, 0.2) is 40.0 Å². The predicted molar refractivity (Wildman–Crippen MR) is 74.6 cm³/mol. The summed E-state index contributed by atoms with van der Waals surface area (Å²) in [5.74, 6) is 0.637. The number of carbonyl (C=O) groups is 1. The molecule has 1 amide bonds. The van der Waals surface area contributed by atoms with Gasteiger partial charge < -0.3 is 14.7 Å². The summed E-state index contributed by atoms with van der Waals surface area (Å²) in [6.07, 6.45) is 1.57. The minimum Gasteiger partial charge on any atom is -0.386 e. The van der Waals surface area contributed by atoms with Crippen LogP contribution in [0, 0.1) is 13.8 Å². The van der Waals surface area contributed by atoms with E-state index in [9.17, 15) is 4.79 Å². The molecule has 0 spiro atoms. The van der Waals surface area contributed by atoms with Gasteiger partial charge in [-0.3, -0.25) is 4.79 Å². The van der Waals surface area contributed by atoms with Gasteiger partial charge in [0.1, 0.15) is 5.76 Å². The second-order valence-electron chi connectivity index (χ2n) is 4.24. The van der Waals surface area contributed by atoms with Crippen LogP contribution in [0.2, 0.25) is 0 Å². The van der Waals surface area contributed by atoms with Crippen LogP contribution < -0.4 is 5.32 Å². The highest BCUT2D eigenvalue weighted by Crippen LogP contribution is 2.06. The van der Waals surface area contributed by atoms with Gasteiger partial charge in [0.05, 0.1) is 6.21 Å². The van der Waals surface area contributed by atoms with Gasteiger partial charge in [-0.15, -0.1) is 0 Å². The average molecular weight is 273 g/mol. The number of oxime groups is 1. The van der Waals surface area contributed by atoms with Crippen LogP contribution in [0.1, 0.15) is 16.9 Å². The number of anilines is 1. The van der Waals surface area contributed by atoms with Gasteiger partial charge in [0, 0.05) is 6.07 Å². The van der Waals surface area contributed by atoms with Gasteiger partial charge in [-0.05, 0) is 25.0 Å². The fraction of sp³-hybridized carbons (Fsp3) is 0.214. The van der Waals surface area contributed by atoms with E-state index in [4.69, 9.17) is 9.36 Å². The number of hydrogen-bond donors (Lipinski definition) is 1. The lowest BCUT2D eigenvalue weighted by Gasteiger charge is -2.00. The molecule has 0 unspecified atom stereocenters. The summed E-state index contributed by atoms with van der Waals surface area (Å²) in [6.45, 7) is 3.53. The molecule has 0 bridgehead atoms. The number of nitrogens with zero attached hydrogens (tertiary/aromatic N) is 2. The van der Waals surface area contributed by atoms with Gasteiger partial charge in [-0.25, -0.2) is 0 Å². The van der Waals surface area contributed by atoms with Crippen molar-refractivity contribution in [1.29, 1.82) is 0 Å². The SMILES string of the molecule is Cc1cc(NC(=O)CO/N=C/c2ccccc2C)no1. The number of amides is 1. The molecule has 2 rings (SSSR count). The van der Waals surface area contributed by atoms with Crippen LogP contribution in [-0.2, 0) is 9.63 Å². The van der Waals surface area contributed by atoms with E-state index in [-0.39, 0.29) is 12.5 Å². The molecule has 0 radical (unpaired) electrons. The summed E-state index contributed by atoms with van der Waals surface area (Å²) < 4.78 is 4.83. The summed E-state index contributed by atoms with van der Waals surface area (Å²) in [5.41, 5.74) is 2.03. The fourth-order valence-electron chi connectivity index (χ4n) is 1.53. The van der Waals surface area contributed by atoms with Crippen LogP contribution in [0.3, 0.4) is 0 Å². The van der Waals surface area contributed by atoms with Crippen LogP contribution >= 0.6 is 0 Å².